The molecule has 7 heteroatoms. The fourth-order valence-electron chi connectivity index (χ4n) is 1.24. The van der Waals surface area contributed by atoms with Crippen molar-refractivity contribution in [3.63, 3.8) is 0 Å². The Balaban J connectivity index is 2.75. The second-order valence-electron chi connectivity index (χ2n) is 2.74. The highest BCUT2D eigenvalue weighted by Gasteiger charge is 2.15. The van der Waals surface area contributed by atoms with Crippen LogP contribution in [0.4, 0.5) is 3.89 Å². The number of hydrogen-bond acceptors (Lipinski definition) is 3. The van der Waals surface area contributed by atoms with E-state index in [1.165, 1.54) is 12.3 Å². The van der Waals surface area contributed by atoms with E-state index in [2.05, 4.69) is 4.98 Å². The molecule has 0 fully saturated rings. The number of nitrogens with zero attached hydrogens (tertiary/aromatic N) is 2. The zero-order valence-corrected chi connectivity index (χ0v) is 8.72. The Bertz CT molecular complexity index is 543. The molecule has 0 aliphatic carbocycles. The minimum atomic E-state index is -1.16. The van der Waals surface area contributed by atoms with E-state index < -0.39 is 5.97 Å². The van der Waals surface area contributed by atoms with Crippen molar-refractivity contribution in [3.05, 3.63) is 29.0 Å². The number of carbonyl (C=O) groups is 1. The summed E-state index contributed by atoms with van der Waals surface area (Å²) in [6.07, 6.45) is 2.54. The van der Waals surface area contributed by atoms with Crippen molar-refractivity contribution >= 4 is 40.9 Å². The molecular weight excluding hydrogens is 243 g/mol. The highest BCUT2D eigenvalue weighted by molar-refractivity contribution is 7.92. The average Bonchev–Trinajstić information content (AvgIpc) is 2.61. The third-order valence-corrected chi connectivity index (χ3v) is 2.77. The summed E-state index contributed by atoms with van der Waals surface area (Å²) < 4.78 is 13.5. The fourth-order valence-corrected chi connectivity index (χ4v) is 1.83. The Hall–Kier alpha value is -1.27. The quantitative estimate of drug-likeness (QED) is 0.885. The van der Waals surface area contributed by atoms with Crippen molar-refractivity contribution in [1.29, 1.82) is 0 Å². The minimum Gasteiger partial charge on any atom is -0.478 e. The molecule has 4 nitrogen and oxygen atoms in total. The molecule has 15 heavy (non-hydrogen) atoms. The summed E-state index contributed by atoms with van der Waals surface area (Å²) in [5, 5.41) is 9.27. The molecule has 1 N–H and O–H groups in total. The lowest BCUT2D eigenvalue weighted by atomic mass is 10.2. The van der Waals surface area contributed by atoms with Crippen LogP contribution in [-0.4, -0.2) is 20.0 Å². The molecule has 78 valence electrons. The van der Waals surface area contributed by atoms with E-state index in [4.69, 9.17) is 16.7 Å². The third-order valence-electron chi connectivity index (χ3n) is 1.92. The monoisotopic (exact) mass is 246 g/mol. The largest absolute Gasteiger partial charge is 0.478 e. The minimum absolute atomic E-state index is 0.0240. The molecule has 0 amide bonds. The van der Waals surface area contributed by atoms with Crippen LogP contribution in [0.3, 0.4) is 0 Å². The standard InChI is InChI=1S/C8H4ClFN2O2S/c9-6-4-1-2-12(15-10)7(4)11-3-5(6)8(13)14/h1-3H,(H,13,14). The normalized spacial score (nSPS) is 10.8. The third kappa shape index (κ3) is 1.55. The number of halogens is 2. The Morgan fingerprint density at radius 3 is 3.00 bits per heavy atom. The summed E-state index contributed by atoms with van der Waals surface area (Å²) in [7, 11) is 0. The molecule has 0 aromatic carbocycles. The van der Waals surface area contributed by atoms with Crippen LogP contribution in [0.25, 0.3) is 11.0 Å². The molecule has 0 bridgehead atoms. The van der Waals surface area contributed by atoms with E-state index >= 15 is 0 Å². The van der Waals surface area contributed by atoms with E-state index in [0.717, 1.165) is 10.2 Å². The SMILES string of the molecule is O=C(O)c1cnc2c(ccn2SF)c1Cl. The average molecular weight is 247 g/mol. The highest BCUT2D eigenvalue weighted by atomic mass is 35.5. The van der Waals surface area contributed by atoms with Gasteiger partial charge in [0.2, 0.25) is 0 Å². The van der Waals surface area contributed by atoms with E-state index in [9.17, 15) is 8.68 Å². The summed E-state index contributed by atoms with van der Waals surface area (Å²) in [5.41, 5.74) is 0.211. The second kappa shape index (κ2) is 3.71. The lowest BCUT2D eigenvalue weighted by Gasteiger charge is -2.00. The maximum absolute atomic E-state index is 12.4. The van der Waals surface area contributed by atoms with Gasteiger partial charge in [0.15, 0.2) is 18.0 Å². The van der Waals surface area contributed by atoms with Crippen molar-refractivity contribution in [1.82, 2.24) is 8.96 Å². The van der Waals surface area contributed by atoms with Crippen molar-refractivity contribution < 1.29 is 13.8 Å². The van der Waals surface area contributed by atoms with E-state index in [1.807, 2.05) is 0 Å². The maximum atomic E-state index is 12.4. The number of aromatic carboxylic acids is 1. The van der Waals surface area contributed by atoms with Crippen LogP contribution in [0.1, 0.15) is 10.4 Å². The molecule has 2 aromatic heterocycles. The predicted octanol–water partition coefficient (Wildman–Crippen LogP) is 2.77. The fraction of sp³-hybridized carbons (Fsp3) is 0. The Labute approximate surface area is 93.1 Å². The number of carboxylic acids is 1. The molecule has 0 aliphatic heterocycles. The van der Waals surface area contributed by atoms with Crippen molar-refractivity contribution in [2.24, 2.45) is 0 Å². The maximum Gasteiger partial charge on any atom is 0.338 e. The van der Waals surface area contributed by atoms with Crippen LogP contribution >= 0.6 is 23.9 Å². The first-order valence-corrected chi connectivity index (χ1v) is 4.88. The van der Waals surface area contributed by atoms with Gasteiger partial charge in [0.05, 0.1) is 10.6 Å². The molecule has 0 radical (unpaired) electrons. The van der Waals surface area contributed by atoms with Crippen LogP contribution in [0.5, 0.6) is 0 Å². The number of rotatable bonds is 2. The first-order valence-electron chi connectivity index (χ1n) is 3.83. The summed E-state index contributed by atoms with van der Waals surface area (Å²) >= 11 is 5.82. The van der Waals surface area contributed by atoms with E-state index in [-0.39, 0.29) is 22.9 Å². The molecule has 0 atom stereocenters. The lowest BCUT2D eigenvalue weighted by molar-refractivity contribution is 0.0697. The second-order valence-corrected chi connectivity index (χ2v) is 3.65. The number of hydrogen-bond donors (Lipinski definition) is 1. The van der Waals surface area contributed by atoms with Gasteiger partial charge in [0, 0.05) is 17.8 Å². The molecule has 2 aromatic rings. The van der Waals surface area contributed by atoms with E-state index in [1.54, 1.807) is 0 Å². The molecule has 0 aliphatic rings. The Kier molecular flexibility index (Phi) is 2.54. The molecule has 0 saturated heterocycles. The molecule has 2 rings (SSSR count). The van der Waals surface area contributed by atoms with Crippen molar-refractivity contribution in [2.75, 3.05) is 0 Å². The van der Waals surface area contributed by atoms with Crippen molar-refractivity contribution in [2.45, 2.75) is 0 Å². The van der Waals surface area contributed by atoms with Gasteiger partial charge in [-0.25, -0.2) is 13.8 Å². The van der Waals surface area contributed by atoms with Gasteiger partial charge in [-0.05, 0) is 6.07 Å². The summed E-state index contributed by atoms with van der Waals surface area (Å²) in [5.74, 6) is -1.16. The van der Waals surface area contributed by atoms with Gasteiger partial charge in [0.25, 0.3) is 0 Å². The Morgan fingerprint density at radius 2 is 2.40 bits per heavy atom. The zero-order chi connectivity index (χ0) is 11.0. The molecule has 0 saturated carbocycles. The molecule has 2 heterocycles. The summed E-state index contributed by atoms with van der Waals surface area (Å²) in [6.45, 7) is 0. The lowest BCUT2D eigenvalue weighted by Crippen LogP contribution is -1.99. The number of pyridine rings is 1. The van der Waals surface area contributed by atoms with Gasteiger partial charge in [-0.15, -0.1) is 3.89 Å². The van der Waals surface area contributed by atoms with Gasteiger partial charge < -0.3 is 5.11 Å². The Morgan fingerprint density at radius 1 is 1.67 bits per heavy atom. The molecule has 0 spiro atoms. The zero-order valence-electron chi connectivity index (χ0n) is 7.15. The van der Waals surface area contributed by atoms with Crippen LogP contribution in [0.2, 0.25) is 5.02 Å². The molecule has 0 unspecified atom stereocenters. The highest BCUT2D eigenvalue weighted by Crippen LogP contribution is 2.28. The van der Waals surface area contributed by atoms with Crippen LogP contribution in [-0.2, 0) is 0 Å². The van der Waals surface area contributed by atoms with Gasteiger partial charge in [-0.1, -0.05) is 11.6 Å². The predicted molar refractivity (Wildman–Crippen MR) is 55.8 cm³/mol. The van der Waals surface area contributed by atoms with Crippen LogP contribution in [0, 0.1) is 0 Å². The smallest absolute Gasteiger partial charge is 0.338 e. The van der Waals surface area contributed by atoms with E-state index in [0.29, 0.717) is 11.0 Å². The van der Waals surface area contributed by atoms with Gasteiger partial charge in [-0.2, -0.15) is 0 Å². The first kappa shape index (κ1) is 10.3. The van der Waals surface area contributed by atoms with Gasteiger partial charge in [0.1, 0.15) is 0 Å². The van der Waals surface area contributed by atoms with Crippen LogP contribution in [0.15, 0.2) is 18.5 Å². The van der Waals surface area contributed by atoms with Crippen molar-refractivity contribution in [3.8, 4) is 0 Å². The summed E-state index contributed by atoms with van der Waals surface area (Å²) in [4.78, 5) is 14.6. The molecular formula is C8H4ClFN2O2S. The first-order chi connectivity index (χ1) is 7.15. The number of aromatic nitrogens is 2. The topological polar surface area (TPSA) is 55.1 Å². The van der Waals surface area contributed by atoms with Gasteiger partial charge in [-0.3, -0.25) is 0 Å². The van der Waals surface area contributed by atoms with Crippen LogP contribution < -0.4 is 0 Å². The number of carboxylic acid groups (broad SMARTS) is 1. The summed E-state index contributed by atoms with van der Waals surface area (Å²) in [6, 6.07) is 1.52. The number of fused-ring (bicyclic) bond motifs is 1. The van der Waals surface area contributed by atoms with Gasteiger partial charge >= 0.3 is 5.97 Å².